The number of hydrogen-bond acceptors (Lipinski definition) is 2. The molecule has 1 heterocycles. The monoisotopic (exact) mass is 360 g/mol. The van der Waals surface area contributed by atoms with Crippen molar-refractivity contribution in [3.05, 3.63) is 70.8 Å². The summed E-state index contributed by atoms with van der Waals surface area (Å²) in [6.45, 7) is 2.55. The van der Waals surface area contributed by atoms with Gasteiger partial charge in [0.25, 0.3) is 0 Å². The minimum absolute atomic E-state index is 0.206. The highest BCUT2D eigenvalue weighted by atomic mass is 16.2. The van der Waals surface area contributed by atoms with Crippen LogP contribution in [0.3, 0.4) is 0 Å². The lowest BCUT2D eigenvalue weighted by Gasteiger charge is -2.36. The van der Waals surface area contributed by atoms with Crippen molar-refractivity contribution in [2.24, 2.45) is 17.3 Å². The Morgan fingerprint density at radius 3 is 2.67 bits per heavy atom. The van der Waals surface area contributed by atoms with Crippen molar-refractivity contribution >= 4 is 5.91 Å². The van der Waals surface area contributed by atoms with Crippen molar-refractivity contribution in [2.75, 3.05) is 0 Å². The fourth-order valence-electron chi connectivity index (χ4n) is 5.80. The van der Waals surface area contributed by atoms with E-state index >= 15 is 0 Å². The van der Waals surface area contributed by atoms with Gasteiger partial charge in [0.15, 0.2) is 0 Å². The summed E-state index contributed by atoms with van der Waals surface area (Å²) in [6, 6.07) is 17.2. The lowest BCUT2D eigenvalue weighted by molar-refractivity contribution is -0.134. The van der Waals surface area contributed by atoms with Crippen LogP contribution in [0.15, 0.2) is 48.5 Å². The standard InChI is InChI=1S/C24H28N2O/c27-23(26-14-19-6-8-20-15-25-16-21(20)10-19)24(12-17-4-2-1-3-5-17)13-18-7-9-22(24)11-18/h1-6,8,10,18,22,25H,7,9,11-16H2,(H,26,27). The summed E-state index contributed by atoms with van der Waals surface area (Å²) < 4.78 is 0. The van der Waals surface area contributed by atoms with E-state index in [4.69, 9.17) is 0 Å². The van der Waals surface area contributed by atoms with Gasteiger partial charge in [0.1, 0.15) is 0 Å². The van der Waals surface area contributed by atoms with Gasteiger partial charge < -0.3 is 10.6 Å². The maximum atomic E-state index is 13.4. The van der Waals surface area contributed by atoms with Crippen LogP contribution in [0.5, 0.6) is 0 Å². The van der Waals surface area contributed by atoms with E-state index in [2.05, 4.69) is 59.2 Å². The summed E-state index contributed by atoms with van der Waals surface area (Å²) in [6.07, 6.45) is 5.72. The van der Waals surface area contributed by atoms with Crippen LogP contribution < -0.4 is 10.6 Å². The summed E-state index contributed by atoms with van der Waals surface area (Å²) in [4.78, 5) is 13.4. The van der Waals surface area contributed by atoms with Crippen LogP contribution in [0.25, 0.3) is 0 Å². The molecule has 2 N–H and O–H groups in total. The molecule has 1 aliphatic heterocycles. The van der Waals surface area contributed by atoms with Crippen LogP contribution >= 0.6 is 0 Å². The van der Waals surface area contributed by atoms with Gasteiger partial charge in [0.2, 0.25) is 5.91 Å². The minimum Gasteiger partial charge on any atom is -0.352 e. The molecule has 0 spiro atoms. The zero-order valence-electron chi connectivity index (χ0n) is 15.8. The fraction of sp³-hybridized carbons (Fsp3) is 0.458. The van der Waals surface area contributed by atoms with Gasteiger partial charge in [0, 0.05) is 19.6 Å². The van der Waals surface area contributed by atoms with Crippen LogP contribution in [0.2, 0.25) is 0 Å². The Morgan fingerprint density at radius 2 is 1.89 bits per heavy atom. The van der Waals surface area contributed by atoms with Crippen LogP contribution in [0.4, 0.5) is 0 Å². The number of fused-ring (bicyclic) bond motifs is 3. The average Bonchev–Trinajstić information content (AvgIpc) is 3.42. The van der Waals surface area contributed by atoms with Crippen molar-refractivity contribution in [3.8, 4) is 0 Å². The molecule has 3 heteroatoms. The molecule has 3 nitrogen and oxygen atoms in total. The first kappa shape index (κ1) is 17.0. The van der Waals surface area contributed by atoms with E-state index in [0.717, 1.165) is 31.8 Å². The normalized spacial score (nSPS) is 28.3. The molecule has 5 rings (SSSR count). The van der Waals surface area contributed by atoms with Crippen LogP contribution in [0.1, 0.15) is 47.9 Å². The lowest BCUT2D eigenvalue weighted by atomic mass is 9.68. The molecule has 2 aliphatic carbocycles. The van der Waals surface area contributed by atoms with Gasteiger partial charge in [-0.3, -0.25) is 4.79 Å². The van der Waals surface area contributed by atoms with Gasteiger partial charge in [-0.1, -0.05) is 55.0 Å². The molecule has 1 amide bonds. The number of carbonyl (C=O) groups excluding carboxylic acids is 1. The lowest BCUT2D eigenvalue weighted by Crippen LogP contribution is -2.45. The maximum Gasteiger partial charge on any atom is 0.227 e. The van der Waals surface area contributed by atoms with Crippen molar-refractivity contribution < 1.29 is 4.79 Å². The number of nitrogens with one attached hydrogen (secondary N) is 2. The number of hydrogen-bond donors (Lipinski definition) is 2. The summed E-state index contributed by atoms with van der Waals surface area (Å²) >= 11 is 0. The van der Waals surface area contributed by atoms with E-state index in [9.17, 15) is 4.79 Å². The number of carbonyl (C=O) groups is 1. The van der Waals surface area contributed by atoms with Crippen molar-refractivity contribution in [1.29, 1.82) is 0 Å². The molecule has 0 radical (unpaired) electrons. The van der Waals surface area contributed by atoms with E-state index in [0.29, 0.717) is 12.5 Å². The number of benzene rings is 2. The molecular weight excluding hydrogens is 332 g/mol. The summed E-state index contributed by atoms with van der Waals surface area (Å²) in [7, 11) is 0. The van der Waals surface area contributed by atoms with Gasteiger partial charge in [0.05, 0.1) is 5.41 Å². The summed E-state index contributed by atoms with van der Waals surface area (Å²) in [5.41, 5.74) is 5.06. The minimum atomic E-state index is -0.206. The second-order valence-corrected chi connectivity index (χ2v) is 8.79. The molecule has 0 saturated heterocycles. The molecule has 2 bridgehead atoms. The molecule has 3 unspecified atom stereocenters. The number of rotatable bonds is 5. The Bertz CT molecular complexity index is 847. The van der Waals surface area contributed by atoms with E-state index < -0.39 is 0 Å². The molecule has 2 saturated carbocycles. The van der Waals surface area contributed by atoms with Crippen molar-refractivity contribution in [3.63, 3.8) is 0 Å². The van der Waals surface area contributed by atoms with Crippen LogP contribution in [-0.4, -0.2) is 5.91 Å². The van der Waals surface area contributed by atoms with Crippen LogP contribution in [-0.2, 0) is 30.8 Å². The molecule has 3 aliphatic rings. The number of amides is 1. The molecular formula is C24H28N2O. The third kappa shape index (κ3) is 3.08. The SMILES string of the molecule is O=C(NCc1ccc2c(c1)CNC2)C1(Cc2ccccc2)CC2CCC1C2. The average molecular weight is 361 g/mol. The Balaban J connectivity index is 1.34. The zero-order chi connectivity index (χ0) is 18.3. The highest BCUT2D eigenvalue weighted by Gasteiger charge is 2.55. The second kappa shape index (κ2) is 6.79. The first-order valence-corrected chi connectivity index (χ1v) is 10.4. The predicted octanol–water partition coefficient (Wildman–Crippen LogP) is 3.96. The molecule has 2 aromatic carbocycles. The van der Waals surface area contributed by atoms with Crippen molar-refractivity contribution in [2.45, 2.75) is 51.7 Å². The summed E-state index contributed by atoms with van der Waals surface area (Å²) in [5, 5.41) is 6.71. The van der Waals surface area contributed by atoms with Gasteiger partial charge in [-0.05, 0) is 59.8 Å². The molecule has 140 valence electrons. The second-order valence-electron chi connectivity index (χ2n) is 8.79. The third-order valence-electron chi connectivity index (χ3n) is 7.14. The van der Waals surface area contributed by atoms with Gasteiger partial charge >= 0.3 is 0 Å². The van der Waals surface area contributed by atoms with Gasteiger partial charge in [-0.15, -0.1) is 0 Å². The zero-order valence-corrected chi connectivity index (χ0v) is 15.8. The Morgan fingerprint density at radius 1 is 1.04 bits per heavy atom. The predicted molar refractivity (Wildman–Crippen MR) is 107 cm³/mol. The van der Waals surface area contributed by atoms with Crippen molar-refractivity contribution in [1.82, 2.24) is 10.6 Å². The fourth-order valence-corrected chi connectivity index (χ4v) is 5.80. The molecule has 2 fully saturated rings. The van der Waals surface area contributed by atoms with Gasteiger partial charge in [-0.2, -0.15) is 0 Å². The molecule has 2 aromatic rings. The highest BCUT2D eigenvalue weighted by Crippen LogP contribution is 2.57. The molecule has 3 atom stereocenters. The van der Waals surface area contributed by atoms with E-state index in [1.54, 1.807) is 0 Å². The third-order valence-corrected chi connectivity index (χ3v) is 7.14. The van der Waals surface area contributed by atoms with E-state index in [1.165, 1.54) is 41.5 Å². The molecule has 27 heavy (non-hydrogen) atoms. The Labute approximate surface area is 161 Å². The Hall–Kier alpha value is -2.13. The topological polar surface area (TPSA) is 41.1 Å². The largest absolute Gasteiger partial charge is 0.352 e. The first-order valence-electron chi connectivity index (χ1n) is 10.4. The van der Waals surface area contributed by atoms with E-state index in [-0.39, 0.29) is 11.3 Å². The van der Waals surface area contributed by atoms with Gasteiger partial charge in [-0.25, -0.2) is 0 Å². The molecule has 0 aromatic heterocycles. The smallest absolute Gasteiger partial charge is 0.227 e. The quantitative estimate of drug-likeness (QED) is 0.847. The summed E-state index contributed by atoms with van der Waals surface area (Å²) in [5.74, 6) is 1.57. The van der Waals surface area contributed by atoms with E-state index in [1.807, 2.05) is 0 Å². The maximum absolute atomic E-state index is 13.4. The Kier molecular flexibility index (Phi) is 4.28. The first-order chi connectivity index (χ1) is 13.2. The highest BCUT2D eigenvalue weighted by molar-refractivity contribution is 5.84. The van der Waals surface area contributed by atoms with Crippen LogP contribution in [0, 0.1) is 17.3 Å².